The highest BCUT2D eigenvalue weighted by Gasteiger charge is 2.38. The van der Waals surface area contributed by atoms with Crippen LogP contribution in [0.15, 0.2) is 30.6 Å². The highest BCUT2D eigenvalue weighted by molar-refractivity contribution is 6.06. The minimum absolute atomic E-state index is 0.0852. The Hall–Kier alpha value is -4.23. The molecule has 0 radical (unpaired) electrons. The molecule has 5 rings (SSSR count). The largest absolute Gasteiger partial charge is 0.451 e. The first-order valence-electron chi connectivity index (χ1n) is 9.32. The predicted octanol–water partition coefficient (Wildman–Crippen LogP) is 2.98. The van der Waals surface area contributed by atoms with Crippen molar-refractivity contribution in [1.29, 1.82) is 0 Å². The quantitative estimate of drug-likeness (QED) is 0.377. The normalized spacial score (nSPS) is 15.0. The number of carbonyl (C=O) groups excluding carboxylic acids is 1. The van der Waals surface area contributed by atoms with E-state index in [-0.39, 0.29) is 29.3 Å². The van der Waals surface area contributed by atoms with E-state index in [9.17, 15) is 18.0 Å². The van der Waals surface area contributed by atoms with Gasteiger partial charge in [0.1, 0.15) is 0 Å². The molecule has 0 unspecified atom stereocenters. The van der Waals surface area contributed by atoms with Gasteiger partial charge in [-0.15, -0.1) is 10.2 Å². The van der Waals surface area contributed by atoms with Crippen LogP contribution in [-0.2, 0) is 16.4 Å². The molecule has 0 atom stereocenters. The zero-order chi connectivity index (χ0) is 22.7. The summed E-state index contributed by atoms with van der Waals surface area (Å²) in [4.78, 5) is 23.9. The van der Waals surface area contributed by atoms with Gasteiger partial charge in [0, 0.05) is 23.8 Å². The lowest BCUT2D eigenvalue weighted by molar-refractivity contribution is -0.144. The van der Waals surface area contributed by atoms with Gasteiger partial charge in [0.25, 0.3) is 0 Å². The van der Waals surface area contributed by atoms with E-state index in [0.717, 1.165) is 5.56 Å². The minimum atomic E-state index is -4.65. The maximum atomic E-state index is 12.7. The van der Waals surface area contributed by atoms with E-state index in [2.05, 4.69) is 41.1 Å². The van der Waals surface area contributed by atoms with Crippen molar-refractivity contribution in [2.45, 2.75) is 25.4 Å². The fourth-order valence-corrected chi connectivity index (χ4v) is 3.31. The fraction of sp³-hybridized carbons (Fsp3) is 0.222. The van der Waals surface area contributed by atoms with Crippen molar-refractivity contribution in [3.8, 4) is 0 Å². The van der Waals surface area contributed by atoms with Crippen molar-refractivity contribution >= 4 is 40.6 Å². The molecule has 1 aliphatic heterocycles. The zero-order valence-corrected chi connectivity index (χ0v) is 16.6. The van der Waals surface area contributed by atoms with Gasteiger partial charge in [-0.2, -0.15) is 23.1 Å². The Labute approximate surface area is 177 Å². The number of benzene rings is 1. The van der Waals surface area contributed by atoms with Crippen LogP contribution >= 0.6 is 0 Å². The molecule has 14 heteroatoms. The average Bonchev–Trinajstić information content (AvgIpc) is 3.39. The number of rotatable bonds is 4. The third-order valence-corrected chi connectivity index (χ3v) is 5.00. The van der Waals surface area contributed by atoms with Crippen LogP contribution in [-0.4, -0.2) is 40.7 Å². The first-order valence-corrected chi connectivity index (χ1v) is 9.32. The summed E-state index contributed by atoms with van der Waals surface area (Å²) in [6.07, 6.45) is -1.72. The Kier molecular flexibility index (Phi) is 4.09. The molecular weight excluding hydrogens is 429 g/mol. The number of aromatic amines is 1. The molecular formula is C18H15F3N10O. The Bertz CT molecular complexity index is 1360. The summed E-state index contributed by atoms with van der Waals surface area (Å²) in [6.45, 7) is 3.69. The second-order valence-electron chi connectivity index (χ2n) is 7.57. The summed E-state index contributed by atoms with van der Waals surface area (Å²) in [5.74, 6) is -1.30. The number of carbonyl (C=O) groups is 1. The summed E-state index contributed by atoms with van der Waals surface area (Å²) < 4.78 is 39.5. The smallest absolute Gasteiger partial charge is 0.325 e. The Morgan fingerprint density at radius 3 is 2.69 bits per heavy atom. The second-order valence-corrected chi connectivity index (χ2v) is 7.57. The van der Waals surface area contributed by atoms with E-state index in [4.69, 9.17) is 0 Å². The molecule has 0 aliphatic carbocycles. The molecule has 0 bridgehead atoms. The number of anilines is 5. The molecule has 1 amide bonds. The maximum Gasteiger partial charge on any atom is 0.451 e. The van der Waals surface area contributed by atoms with Gasteiger partial charge in [-0.25, -0.2) is 9.50 Å². The average molecular weight is 444 g/mol. The molecule has 4 heterocycles. The first-order chi connectivity index (χ1) is 15.1. The van der Waals surface area contributed by atoms with E-state index in [0.29, 0.717) is 11.4 Å². The number of amides is 1. The molecule has 11 nitrogen and oxygen atoms in total. The molecule has 4 N–H and O–H groups in total. The number of nitrogens with zero attached hydrogens (tertiary/aromatic N) is 6. The topological polar surface area (TPSA) is 138 Å². The van der Waals surface area contributed by atoms with Gasteiger partial charge in [-0.1, -0.05) is 6.07 Å². The minimum Gasteiger partial charge on any atom is -0.325 e. The van der Waals surface area contributed by atoms with Gasteiger partial charge < -0.3 is 16.0 Å². The number of hydrogen-bond donors (Lipinski definition) is 4. The molecule has 4 aromatic rings. The summed E-state index contributed by atoms with van der Waals surface area (Å²) in [5.41, 5.74) is 1.85. The van der Waals surface area contributed by atoms with Gasteiger partial charge >= 0.3 is 6.18 Å². The summed E-state index contributed by atoms with van der Waals surface area (Å²) in [6, 6.07) is 5.43. The highest BCUT2D eigenvalue weighted by Crippen LogP contribution is 2.39. The maximum absolute atomic E-state index is 12.7. The highest BCUT2D eigenvalue weighted by atomic mass is 19.4. The Morgan fingerprint density at radius 2 is 1.94 bits per heavy atom. The summed E-state index contributed by atoms with van der Waals surface area (Å²) >= 11 is 0. The van der Waals surface area contributed by atoms with E-state index in [1.54, 1.807) is 12.1 Å². The van der Waals surface area contributed by atoms with E-state index >= 15 is 0 Å². The lowest BCUT2D eigenvalue weighted by atomic mass is 9.86. The number of aromatic nitrogens is 7. The molecule has 1 aromatic carbocycles. The van der Waals surface area contributed by atoms with Gasteiger partial charge in [0.15, 0.2) is 5.82 Å². The lowest BCUT2D eigenvalue weighted by Crippen LogP contribution is -2.26. The molecule has 3 aromatic heterocycles. The molecule has 164 valence electrons. The van der Waals surface area contributed by atoms with Crippen LogP contribution in [0.5, 0.6) is 0 Å². The predicted molar refractivity (Wildman–Crippen MR) is 107 cm³/mol. The van der Waals surface area contributed by atoms with Crippen LogP contribution in [0.3, 0.4) is 0 Å². The van der Waals surface area contributed by atoms with Crippen molar-refractivity contribution in [3.05, 3.63) is 42.0 Å². The molecule has 0 spiro atoms. The molecule has 32 heavy (non-hydrogen) atoms. The van der Waals surface area contributed by atoms with Crippen LogP contribution < -0.4 is 16.0 Å². The molecule has 0 saturated carbocycles. The number of nitrogens with one attached hydrogen (secondary N) is 4. The first kappa shape index (κ1) is 19.7. The van der Waals surface area contributed by atoms with Gasteiger partial charge in [-0.3, -0.25) is 9.89 Å². The van der Waals surface area contributed by atoms with Crippen LogP contribution in [0.2, 0.25) is 0 Å². The van der Waals surface area contributed by atoms with Crippen molar-refractivity contribution in [1.82, 2.24) is 34.8 Å². The van der Waals surface area contributed by atoms with E-state index in [1.165, 1.54) is 16.9 Å². The molecule has 1 aliphatic rings. The molecule has 0 fully saturated rings. The Balaban J connectivity index is 1.41. The van der Waals surface area contributed by atoms with Crippen LogP contribution in [0.25, 0.3) is 5.65 Å². The van der Waals surface area contributed by atoms with Gasteiger partial charge in [-0.05, 0) is 31.5 Å². The van der Waals surface area contributed by atoms with Crippen LogP contribution in [0.4, 0.5) is 42.3 Å². The third kappa shape index (κ3) is 3.25. The molecule has 0 saturated heterocycles. The van der Waals surface area contributed by atoms with Crippen molar-refractivity contribution in [2.75, 3.05) is 16.0 Å². The van der Waals surface area contributed by atoms with E-state index in [1.807, 2.05) is 25.0 Å². The van der Waals surface area contributed by atoms with E-state index < -0.39 is 17.4 Å². The number of fused-ring (bicyclic) bond motifs is 2. The number of halogens is 3. The third-order valence-electron chi connectivity index (χ3n) is 5.00. The zero-order valence-electron chi connectivity index (χ0n) is 16.6. The second kappa shape index (κ2) is 6.63. The van der Waals surface area contributed by atoms with Gasteiger partial charge in [0.05, 0.1) is 5.41 Å². The SMILES string of the molecule is CC1(C)C(=O)Nc2cc(Nc3nc4c(Nc5n[nH]c(C(F)(F)F)n5)nccn4n3)ccc21. The number of H-pyrrole nitrogens is 1. The monoisotopic (exact) mass is 444 g/mol. The fourth-order valence-electron chi connectivity index (χ4n) is 3.31. The van der Waals surface area contributed by atoms with Gasteiger partial charge in [0.2, 0.25) is 29.3 Å². The van der Waals surface area contributed by atoms with Crippen LogP contribution in [0.1, 0.15) is 25.2 Å². The standard InChI is InChI=1S/C18H15F3N10O/c1-17(2)9-4-3-8(7-10(9)24-14(17)32)23-16-26-12-11(22-5-6-31(12)30-16)25-15-27-13(28-29-15)18(19,20)21/h3-7H,1-2H3,(H,23,30)(H,24,32)(H2,22,25,27,28,29). The summed E-state index contributed by atoms with van der Waals surface area (Å²) in [5, 5.41) is 18.1. The van der Waals surface area contributed by atoms with Crippen LogP contribution in [0, 0.1) is 0 Å². The summed E-state index contributed by atoms with van der Waals surface area (Å²) in [7, 11) is 0. The van der Waals surface area contributed by atoms with Crippen molar-refractivity contribution < 1.29 is 18.0 Å². The lowest BCUT2D eigenvalue weighted by Gasteiger charge is -2.14. The Morgan fingerprint density at radius 1 is 1.12 bits per heavy atom. The number of hydrogen-bond acceptors (Lipinski definition) is 8. The number of alkyl halides is 3. The van der Waals surface area contributed by atoms with Crippen molar-refractivity contribution in [2.24, 2.45) is 0 Å². The van der Waals surface area contributed by atoms with Crippen molar-refractivity contribution in [3.63, 3.8) is 0 Å².